The van der Waals surface area contributed by atoms with Gasteiger partial charge in [-0.25, -0.2) is 0 Å². The van der Waals surface area contributed by atoms with Crippen molar-refractivity contribution in [2.75, 3.05) is 12.3 Å². The van der Waals surface area contributed by atoms with Crippen LogP contribution in [0.1, 0.15) is 27.7 Å². The Morgan fingerprint density at radius 1 is 1.24 bits per heavy atom. The second-order valence-corrected chi connectivity index (χ2v) is 7.03. The summed E-state index contributed by atoms with van der Waals surface area (Å²) in [4.78, 5) is 1.29. The molecule has 0 bridgehead atoms. The predicted octanol–water partition coefficient (Wildman–Crippen LogP) is 4.46. The highest BCUT2D eigenvalue weighted by Crippen LogP contribution is 2.22. The lowest BCUT2D eigenvalue weighted by atomic mass is 10.1. The fraction of sp³-hybridized carbons (Fsp3) is 0.571. The van der Waals surface area contributed by atoms with Crippen molar-refractivity contribution in [2.45, 2.75) is 38.1 Å². The lowest BCUT2D eigenvalue weighted by molar-refractivity contribution is 0.395. The first-order chi connectivity index (χ1) is 7.87. The SMILES string of the molecule is CC(CNC(C)(C)C)CSc1ccc(Cl)cc1. The third-order valence-corrected chi connectivity index (χ3v) is 3.92. The molecule has 0 saturated carbocycles. The maximum atomic E-state index is 5.86. The summed E-state index contributed by atoms with van der Waals surface area (Å²) >= 11 is 7.74. The van der Waals surface area contributed by atoms with Crippen molar-refractivity contribution in [1.29, 1.82) is 0 Å². The molecule has 1 aromatic carbocycles. The van der Waals surface area contributed by atoms with Crippen molar-refractivity contribution in [3.05, 3.63) is 29.3 Å². The zero-order valence-corrected chi connectivity index (χ0v) is 12.7. The smallest absolute Gasteiger partial charge is 0.0406 e. The topological polar surface area (TPSA) is 12.0 Å². The summed E-state index contributed by atoms with van der Waals surface area (Å²) in [5.74, 6) is 1.79. The first-order valence-electron chi connectivity index (χ1n) is 6.00. The minimum atomic E-state index is 0.208. The average molecular weight is 272 g/mol. The normalized spacial score (nSPS) is 13.7. The molecule has 1 rings (SSSR count). The van der Waals surface area contributed by atoms with E-state index in [2.05, 4.69) is 45.1 Å². The van der Waals surface area contributed by atoms with Gasteiger partial charge in [-0.15, -0.1) is 11.8 Å². The Kier molecular flexibility index (Phi) is 5.84. The summed E-state index contributed by atoms with van der Waals surface area (Å²) in [5, 5.41) is 4.34. The summed E-state index contributed by atoms with van der Waals surface area (Å²) in [7, 11) is 0. The quantitative estimate of drug-likeness (QED) is 0.794. The van der Waals surface area contributed by atoms with E-state index in [0.29, 0.717) is 5.92 Å². The van der Waals surface area contributed by atoms with E-state index < -0.39 is 0 Å². The van der Waals surface area contributed by atoms with Gasteiger partial charge in [-0.05, 0) is 57.5 Å². The van der Waals surface area contributed by atoms with Crippen molar-refractivity contribution in [2.24, 2.45) is 5.92 Å². The largest absolute Gasteiger partial charge is 0.312 e. The van der Waals surface area contributed by atoms with Crippen molar-refractivity contribution < 1.29 is 0 Å². The van der Waals surface area contributed by atoms with Crippen LogP contribution in [0.3, 0.4) is 0 Å². The summed E-state index contributed by atoms with van der Waals surface area (Å²) in [6.07, 6.45) is 0. The number of hydrogen-bond acceptors (Lipinski definition) is 2. The van der Waals surface area contributed by atoms with Gasteiger partial charge in [-0.1, -0.05) is 18.5 Å². The Morgan fingerprint density at radius 2 is 1.82 bits per heavy atom. The van der Waals surface area contributed by atoms with E-state index in [1.807, 2.05) is 23.9 Å². The summed E-state index contributed by atoms with van der Waals surface area (Å²) in [6, 6.07) is 8.05. The van der Waals surface area contributed by atoms with Gasteiger partial charge in [0, 0.05) is 21.2 Å². The van der Waals surface area contributed by atoms with E-state index in [4.69, 9.17) is 11.6 Å². The Bertz CT molecular complexity index is 329. The molecule has 1 atom stereocenters. The zero-order valence-electron chi connectivity index (χ0n) is 11.1. The van der Waals surface area contributed by atoms with E-state index >= 15 is 0 Å². The number of benzene rings is 1. The molecule has 1 N–H and O–H groups in total. The van der Waals surface area contributed by atoms with Crippen molar-refractivity contribution in [1.82, 2.24) is 5.32 Å². The maximum Gasteiger partial charge on any atom is 0.0406 e. The highest BCUT2D eigenvalue weighted by Gasteiger charge is 2.11. The van der Waals surface area contributed by atoms with Gasteiger partial charge in [0.1, 0.15) is 0 Å². The van der Waals surface area contributed by atoms with Crippen LogP contribution in [0, 0.1) is 5.92 Å². The van der Waals surface area contributed by atoms with Gasteiger partial charge in [-0.2, -0.15) is 0 Å². The summed E-state index contributed by atoms with van der Waals surface area (Å²) in [5.41, 5.74) is 0.208. The minimum Gasteiger partial charge on any atom is -0.312 e. The fourth-order valence-corrected chi connectivity index (χ4v) is 2.36. The zero-order chi connectivity index (χ0) is 12.9. The molecule has 0 radical (unpaired) electrons. The molecule has 0 fully saturated rings. The van der Waals surface area contributed by atoms with Gasteiger partial charge in [0.2, 0.25) is 0 Å². The molecule has 0 aliphatic rings. The van der Waals surface area contributed by atoms with Gasteiger partial charge in [-0.3, -0.25) is 0 Å². The molecule has 0 aliphatic heterocycles. The third-order valence-electron chi connectivity index (χ3n) is 2.33. The number of hydrogen-bond donors (Lipinski definition) is 1. The molecule has 0 spiro atoms. The molecule has 0 aromatic heterocycles. The Hall–Kier alpha value is -0.180. The maximum absolute atomic E-state index is 5.86. The minimum absolute atomic E-state index is 0.208. The Labute approximate surface area is 114 Å². The van der Waals surface area contributed by atoms with E-state index in [-0.39, 0.29) is 5.54 Å². The number of halogens is 1. The van der Waals surface area contributed by atoms with Crippen LogP contribution in [-0.4, -0.2) is 17.8 Å². The van der Waals surface area contributed by atoms with Crippen molar-refractivity contribution in [3.8, 4) is 0 Å². The average Bonchev–Trinajstić information content (AvgIpc) is 2.25. The second-order valence-electron chi connectivity index (χ2n) is 5.50. The van der Waals surface area contributed by atoms with Crippen LogP contribution in [0.25, 0.3) is 0 Å². The van der Waals surface area contributed by atoms with Gasteiger partial charge in [0.05, 0.1) is 0 Å². The Balaban J connectivity index is 2.28. The van der Waals surface area contributed by atoms with Crippen molar-refractivity contribution >= 4 is 23.4 Å². The Morgan fingerprint density at radius 3 is 2.35 bits per heavy atom. The molecule has 3 heteroatoms. The third kappa shape index (κ3) is 6.97. The molecule has 0 heterocycles. The van der Waals surface area contributed by atoms with E-state index in [0.717, 1.165) is 17.3 Å². The predicted molar refractivity (Wildman–Crippen MR) is 79.1 cm³/mol. The molecule has 1 nitrogen and oxygen atoms in total. The van der Waals surface area contributed by atoms with Crippen LogP contribution in [0.15, 0.2) is 29.2 Å². The summed E-state index contributed by atoms with van der Waals surface area (Å²) < 4.78 is 0. The second kappa shape index (κ2) is 6.67. The monoisotopic (exact) mass is 271 g/mol. The molecule has 1 unspecified atom stereocenters. The van der Waals surface area contributed by atoms with Crippen LogP contribution < -0.4 is 5.32 Å². The lowest BCUT2D eigenvalue weighted by Gasteiger charge is -2.23. The highest BCUT2D eigenvalue weighted by atomic mass is 35.5. The van der Waals surface area contributed by atoms with Gasteiger partial charge >= 0.3 is 0 Å². The standard InChI is InChI=1S/C14H22ClNS/c1-11(9-16-14(2,3)4)10-17-13-7-5-12(15)6-8-13/h5-8,11,16H,9-10H2,1-4H3. The van der Waals surface area contributed by atoms with Gasteiger partial charge < -0.3 is 5.32 Å². The van der Waals surface area contributed by atoms with E-state index in [1.165, 1.54) is 4.90 Å². The molecular formula is C14H22ClNS. The molecule has 1 aromatic rings. The number of rotatable bonds is 5. The van der Waals surface area contributed by atoms with Crippen LogP contribution in [0.2, 0.25) is 5.02 Å². The molecular weight excluding hydrogens is 250 g/mol. The molecule has 0 aliphatic carbocycles. The van der Waals surface area contributed by atoms with E-state index in [1.54, 1.807) is 0 Å². The summed E-state index contributed by atoms with van der Waals surface area (Å²) in [6.45, 7) is 9.94. The lowest BCUT2D eigenvalue weighted by Crippen LogP contribution is -2.39. The van der Waals surface area contributed by atoms with Crippen molar-refractivity contribution in [3.63, 3.8) is 0 Å². The van der Waals surface area contributed by atoms with Crippen LogP contribution in [-0.2, 0) is 0 Å². The molecule has 0 saturated heterocycles. The van der Waals surface area contributed by atoms with Crippen LogP contribution >= 0.6 is 23.4 Å². The first-order valence-corrected chi connectivity index (χ1v) is 7.36. The first kappa shape index (κ1) is 14.9. The van der Waals surface area contributed by atoms with E-state index in [9.17, 15) is 0 Å². The van der Waals surface area contributed by atoms with Crippen LogP contribution in [0.4, 0.5) is 0 Å². The molecule has 96 valence electrons. The van der Waals surface area contributed by atoms with Gasteiger partial charge in [0.15, 0.2) is 0 Å². The van der Waals surface area contributed by atoms with Crippen LogP contribution in [0.5, 0.6) is 0 Å². The fourth-order valence-electron chi connectivity index (χ4n) is 1.31. The molecule has 0 amide bonds. The van der Waals surface area contributed by atoms with Gasteiger partial charge in [0.25, 0.3) is 0 Å². The molecule has 17 heavy (non-hydrogen) atoms. The highest BCUT2D eigenvalue weighted by molar-refractivity contribution is 7.99. The number of nitrogens with one attached hydrogen (secondary N) is 1. The number of thioether (sulfide) groups is 1.